The molecule has 0 amide bonds. The van der Waals surface area contributed by atoms with E-state index < -0.39 is 0 Å². The number of nitriles is 1. The molecule has 0 aromatic heterocycles. The summed E-state index contributed by atoms with van der Waals surface area (Å²) in [6.07, 6.45) is 7.46. The van der Waals surface area contributed by atoms with Crippen LogP contribution >= 0.6 is 12.2 Å². The third-order valence-electron chi connectivity index (χ3n) is 5.17. The zero-order chi connectivity index (χ0) is 18.2. The molecule has 26 heavy (non-hydrogen) atoms. The number of aryl methyl sites for hydroxylation is 1. The molecule has 2 aromatic rings. The van der Waals surface area contributed by atoms with Gasteiger partial charge in [0.15, 0.2) is 5.11 Å². The van der Waals surface area contributed by atoms with Crippen LogP contribution < -0.4 is 10.6 Å². The predicted molar refractivity (Wildman–Crippen MR) is 111 cm³/mol. The van der Waals surface area contributed by atoms with Gasteiger partial charge in [0.25, 0.3) is 0 Å². The van der Waals surface area contributed by atoms with Gasteiger partial charge < -0.3 is 10.6 Å². The summed E-state index contributed by atoms with van der Waals surface area (Å²) in [6, 6.07) is 20.7. The highest BCUT2D eigenvalue weighted by atomic mass is 32.1. The summed E-state index contributed by atoms with van der Waals surface area (Å²) >= 11 is 5.58. The van der Waals surface area contributed by atoms with E-state index in [0.717, 1.165) is 24.1 Å². The molecule has 0 unspecified atom stereocenters. The molecular weight excluding hydrogens is 338 g/mol. The van der Waals surface area contributed by atoms with E-state index in [1.54, 1.807) is 0 Å². The summed E-state index contributed by atoms with van der Waals surface area (Å²) in [4.78, 5) is 0. The third kappa shape index (κ3) is 5.06. The van der Waals surface area contributed by atoms with Gasteiger partial charge >= 0.3 is 0 Å². The maximum Gasteiger partial charge on any atom is 0.171 e. The summed E-state index contributed by atoms with van der Waals surface area (Å²) in [5.74, 6) is 0. The number of hydrogen-bond donors (Lipinski definition) is 2. The first kappa shape index (κ1) is 18.4. The zero-order valence-electron chi connectivity index (χ0n) is 15.0. The smallest absolute Gasteiger partial charge is 0.171 e. The number of nitrogens with one attached hydrogen (secondary N) is 2. The van der Waals surface area contributed by atoms with E-state index in [9.17, 15) is 0 Å². The summed E-state index contributed by atoms with van der Waals surface area (Å²) in [7, 11) is 0. The number of hydrogen-bond acceptors (Lipinski definition) is 2. The zero-order valence-corrected chi connectivity index (χ0v) is 15.8. The molecule has 2 N–H and O–H groups in total. The van der Waals surface area contributed by atoms with E-state index in [1.807, 2.05) is 24.3 Å². The van der Waals surface area contributed by atoms with Crippen LogP contribution in [0.2, 0.25) is 0 Å². The first-order valence-electron chi connectivity index (χ1n) is 9.28. The molecule has 0 bridgehead atoms. The van der Waals surface area contributed by atoms with Crippen molar-refractivity contribution in [3.05, 3.63) is 65.7 Å². The number of benzene rings is 2. The Hall–Kier alpha value is -2.38. The van der Waals surface area contributed by atoms with Gasteiger partial charge in [-0.1, -0.05) is 55.3 Å². The molecule has 0 aliphatic heterocycles. The lowest BCUT2D eigenvalue weighted by Crippen LogP contribution is -2.48. The molecule has 4 heteroatoms. The summed E-state index contributed by atoms with van der Waals surface area (Å²) in [5, 5.41) is 16.4. The van der Waals surface area contributed by atoms with E-state index in [-0.39, 0.29) is 5.54 Å². The van der Waals surface area contributed by atoms with Crippen molar-refractivity contribution in [1.82, 2.24) is 5.32 Å². The second-order valence-electron chi connectivity index (χ2n) is 7.08. The molecule has 2 aromatic carbocycles. The van der Waals surface area contributed by atoms with Crippen molar-refractivity contribution in [2.24, 2.45) is 0 Å². The molecule has 3 nitrogen and oxygen atoms in total. The van der Waals surface area contributed by atoms with Crippen LogP contribution in [-0.4, -0.2) is 10.7 Å². The Morgan fingerprint density at radius 1 is 1.00 bits per heavy atom. The van der Waals surface area contributed by atoms with Crippen LogP contribution in [0.15, 0.2) is 54.6 Å². The minimum atomic E-state index is 0.0979. The van der Waals surface area contributed by atoms with Crippen molar-refractivity contribution in [2.45, 2.75) is 50.5 Å². The van der Waals surface area contributed by atoms with Gasteiger partial charge in [-0.15, -0.1) is 0 Å². The molecule has 1 fully saturated rings. The lowest BCUT2D eigenvalue weighted by Gasteiger charge is -2.32. The molecule has 0 heterocycles. The van der Waals surface area contributed by atoms with Crippen molar-refractivity contribution < 1.29 is 0 Å². The first-order valence-corrected chi connectivity index (χ1v) is 9.69. The van der Waals surface area contributed by atoms with Crippen molar-refractivity contribution in [3.8, 4) is 6.07 Å². The second-order valence-corrected chi connectivity index (χ2v) is 7.49. The topological polar surface area (TPSA) is 47.9 Å². The molecule has 3 rings (SSSR count). The Balaban J connectivity index is 1.58. The Bertz CT molecular complexity index is 756. The third-order valence-corrected chi connectivity index (χ3v) is 5.37. The van der Waals surface area contributed by atoms with Crippen molar-refractivity contribution in [1.29, 1.82) is 5.26 Å². The summed E-state index contributed by atoms with van der Waals surface area (Å²) in [5.41, 5.74) is 3.46. The lowest BCUT2D eigenvalue weighted by atomic mass is 9.89. The molecular formula is C22H25N3S. The number of anilines is 1. The highest BCUT2D eigenvalue weighted by Gasteiger charge is 2.33. The van der Waals surface area contributed by atoms with Gasteiger partial charge in [0.05, 0.1) is 12.5 Å². The first-order chi connectivity index (χ1) is 12.7. The normalized spacial score (nSPS) is 15.2. The van der Waals surface area contributed by atoms with Gasteiger partial charge in [-0.05, 0) is 61.2 Å². The van der Waals surface area contributed by atoms with Crippen molar-refractivity contribution >= 4 is 23.0 Å². The van der Waals surface area contributed by atoms with Crippen LogP contribution in [0.4, 0.5) is 5.69 Å². The second kappa shape index (κ2) is 8.82. The minimum absolute atomic E-state index is 0.0979. The molecule has 0 atom stereocenters. The number of thiocarbonyl (C=S) groups is 1. The molecule has 1 aliphatic carbocycles. The minimum Gasteiger partial charge on any atom is -0.357 e. The van der Waals surface area contributed by atoms with Crippen LogP contribution in [0.5, 0.6) is 0 Å². The van der Waals surface area contributed by atoms with Crippen LogP contribution in [0.1, 0.15) is 43.2 Å². The van der Waals surface area contributed by atoms with E-state index in [4.69, 9.17) is 17.5 Å². The van der Waals surface area contributed by atoms with Crippen molar-refractivity contribution in [2.75, 3.05) is 5.32 Å². The van der Waals surface area contributed by atoms with E-state index in [2.05, 4.69) is 47.0 Å². The van der Waals surface area contributed by atoms with Gasteiger partial charge in [-0.2, -0.15) is 5.26 Å². The number of rotatable bonds is 6. The molecule has 0 radical (unpaired) electrons. The number of nitrogens with zero attached hydrogens (tertiary/aromatic N) is 1. The van der Waals surface area contributed by atoms with Crippen LogP contribution in [0.3, 0.4) is 0 Å². The quantitative estimate of drug-likeness (QED) is 0.710. The van der Waals surface area contributed by atoms with Crippen molar-refractivity contribution in [3.63, 3.8) is 0 Å². The Morgan fingerprint density at radius 3 is 2.35 bits per heavy atom. The van der Waals surface area contributed by atoms with E-state index >= 15 is 0 Å². The fourth-order valence-corrected chi connectivity index (χ4v) is 4.05. The van der Waals surface area contributed by atoms with Gasteiger partial charge in [-0.3, -0.25) is 0 Å². The maximum absolute atomic E-state index is 8.76. The largest absolute Gasteiger partial charge is 0.357 e. The van der Waals surface area contributed by atoms with Gasteiger partial charge in [0.2, 0.25) is 0 Å². The molecule has 1 saturated carbocycles. The molecule has 0 spiro atoms. The summed E-state index contributed by atoms with van der Waals surface area (Å²) in [6.45, 7) is 0. The monoisotopic (exact) mass is 363 g/mol. The Morgan fingerprint density at radius 2 is 1.69 bits per heavy atom. The lowest BCUT2D eigenvalue weighted by molar-refractivity contribution is 0.362. The molecule has 0 saturated heterocycles. The predicted octanol–water partition coefficient (Wildman–Crippen LogP) is 4.98. The van der Waals surface area contributed by atoms with Crippen LogP contribution in [0.25, 0.3) is 0 Å². The Kier molecular flexibility index (Phi) is 6.25. The Labute approximate surface area is 161 Å². The SMILES string of the molecule is N#CCc1ccc(NC(=S)NC2(CCc3ccccc3)CCCC2)cc1. The average molecular weight is 364 g/mol. The van der Waals surface area contributed by atoms with Gasteiger partial charge in [0, 0.05) is 11.2 Å². The fraction of sp³-hybridized carbons (Fsp3) is 0.364. The average Bonchev–Trinajstić information content (AvgIpc) is 3.11. The summed E-state index contributed by atoms with van der Waals surface area (Å²) < 4.78 is 0. The molecule has 134 valence electrons. The van der Waals surface area contributed by atoms with E-state index in [0.29, 0.717) is 11.5 Å². The fourth-order valence-electron chi connectivity index (χ4n) is 3.72. The van der Waals surface area contributed by atoms with E-state index in [1.165, 1.54) is 31.2 Å². The van der Waals surface area contributed by atoms with Gasteiger partial charge in [0.1, 0.15) is 0 Å². The van der Waals surface area contributed by atoms with Crippen LogP contribution in [-0.2, 0) is 12.8 Å². The molecule has 1 aliphatic rings. The highest BCUT2D eigenvalue weighted by molar-refractivity contribution is 7.80. The highest BCUT2D eigenvalue weighted by Crippen LogP contribution is 2.33. The van der Waals surface area contributed by atoms with Gasteiger partial charge in [-0.25, -0.2) is 0 Å². The maximum atomic E-state index is 8.76. The van der Waals surface area contributed by atoms with Crippen LogP contribution in [0, 0.1) is 11.3 Å². The standard InChI is InChI=1S/C22H25N3S/c23-17-13-19-8-10-20(11-9-19)24-21(26)25-22(14-4-5-15-22)16-12-18-6-2-1-3-7-18/h1-3,6-11H,4-5,12-16H2,(H2,24,25,26).